The van der Waals surface area contributed by atoms with Crippen LogP contribution in [0.4, 0.5) is 0 Å². The number of aliphatic hydroxyl groups excluding tert-OH is 1. The SMILES string of the molecule is O=C(COc1ccccc1)NCC(O)COc1ccccc1. The van der Waals surface area contributed by atoms with E-state index in [4.69, 9.17) is 9.47 Å². The van der Waals surface area contributed by atoms with E-state index in [9.17, 15) is 9.90 Å². The van der Waals surface area contributed by atoms with Crippen molar-refractivity contribution >= 4 is 5.91 Å². The molecule has 0 fully saturated rings. The molecule has 116 valence electrons. The van der Waals surface area contributed by atoms with Crippen LogP contribution in [0.15, 0.2) is 60.7 Å². The van der Waals surface area contributed by atoms with E-state index in [0.29, 0.717) is 11.5 Å². The minimum atomic E-state index is -0.777. The summed E-state index contributed by atoms with van der Waals surface area (Å²) in [6.07, 6.45) is -0.777. The number of hydrogen-bond donors (Lipinski definition) is 2. The minimum absolute atomic E-state index is 0.0870. The molecule has 22 heavy (non-hydrogen) atoms. The lowest BCUT2D eigenvalue weighted by Gasteiger charge is -2.13. The van der Waals surface area contributed by atoms with Crippen molar-refractivity contribution in [3.63, 3.8) is 0 Å². The van der Waals surface area contributed by atoms with E-state index in [1.54, 1.807) is 24.3 Å². The fraction of sp³-hybridized carbons (Fsp3) is 0.235. The van der Waals surface area contributed by atoms with Gasteiger partial charge < -0.3 is 19.9 Å². The average molecular weight is 301 g/mol. The van der Waals surface area contributed by atoms with Crippen molar-refractivity contribution in [2.45, 2.75) is 6.10 Å². The van der Waals surface area contributed by atoms with Crippen LogP contribution in [0.25, 0.3) is 0 Å². The number of hydrogen-bond acceptors (Lipinski definition) is 4. The lowest BCUT2D eigenvalue weighted by atomic mass is 10.3. The lowest BCUT2D eigenvalue weighted by Crippen LogP contribution is -2.37. The van der Waals surface area contributed by atoms with Gasteiger partial charge >= 0.3 is 0 Å². The van der Waals surface area contributed by atoms with Crippen LogP contribution in [-0.2, 0) is 4.79 Å². The molecule has 0 aliphatic carbocycles. The Morgan fingerprint density at radius 1 is 0.955 bits per heavy atom. The minimum Gasteiger partial charge on any atom is -0.491 e. The highest BCUT2D eigenvalue weighted by molar-refractivity contribution is 5.77. The second-order valence-electron chi connectivity index (χ2n) is 4.68. The van der Waals surface area contributed by atoms with E-state index >= 15 is 0 Å². The Bertz CT molecular complexity index is 559. The second-order valence-corrected chi connectivity index (χ2v) is 4.68. The van der Waals surface area contributed by atoms with Gasteiger partial charge in [0.05, 0.1) is 0 Å². The van der Waals surface area contributed by atoms with Crippen molar-refractivity contribution in [1.29, 1.82) is 0 Å². The fourth-order valence-electron chi connectivity index (χ4n) is 1.72. The Morgan fingerprint density at radius 2 is 1.50 bits per heavy atom. The predicted octanol–water partition coefficient (Wildman–Crippen LogP) is 1.62. The molecule has 0 radical (unpaired) electrons. The van der Waals surface area contributed by atoms with Crippen LogP contribution in [0.5, 0.6) is 11.5 Å². The molecule has 1 atom stereocenters. The summed E-state index contributed by atoms with van der Waals surface area (Å²) in [5.74, 6) is 1.02. The Balaban J connectivity index is 1.61. The van der Waals surface area contributed by atoms with Gasteiger partial charge in [-0.1, -0.05) is 36.4 Å². The Hall–Kier alpha value is -2.53. The molecule has 0 bridgehead atoms. The first-order chi connectivity index (χ1) is 10.7. The molecule has 0 aliphatic rings. The highest BCUT2D eigenvalue weighted by Crippen LogP contribution is 2.08. The molecule has 0 saturated heterocycles. The summed E-state index contributed by atoms with van der Waals surface area (Å²) >= 11 is 0. The first kappa shape index (κ1) is 15.9. The van der Waals surface area contributed by atoms with E-state index in [-0.39, 0.29) is 25.7 Å². The summed E-state index contributed by atoms with van der Waals surface area (Å²) in [6, 6.07) is 18.3. The predicted molar refractivity (Wildman–Crippen MR) is 82.9 cm³/mol. The summed E-state index contributed by atoms with van der Waals surface area (Å²) in [7, 11) is 0. The molecular weight excluding hydrogens is 282 g/mol. The number of para-hydroxylation sites is 2. The monoisotopic (exact) mass is 301 g/mol. The zero-order chi connectivity index (χ0) is 15.6. The van der Waals surface area contributed by atoms with Crippen LogP contribution in [0.1, 0.15) is 0 Å². The molecule has 2 rings (SSSR count). The largest absolute Gasteiger partial charge is 0.491 e. The van der Waals surface area contributed by atoms with Gasteiger partial charge in [0.1, 0.15) is 24.2 Å². The first-order valence-electron chi connectivity index (χ1n) is 7.04. The van der Waals surface area contributed by atoms with Crippen molar-refractivity contribution in [1.82, 2.24) is 5.32 Å². The number of carbonyl (C=O) groups is 1. The number of aliphatic hydroxyl groups is 1. The quantitative estimate of drug-likeness (QED) is 0.777. The molecule has 0 aromatic heterocycles. The van der Waals surface area contributed by atoms with Crippen molar-refractivity contribution in [3.8, 4) is 11.5 Å². The Labute approximate surface area is 129 Å². The number of nitrogens with one attached hydrogen (secondary N) is 1. The van der Waals surface area contributed by atoms with Crippen LogP contribution in [-0.4, -0.2) is 36.9 Å². The molecule has 5 heteroatoms. The number of rotatable bonds is 8. The number of ether oxygens (including phenoxy) is 2. The standard InChI is InChI=1S/C17H19NO4/c19-14(12-21-15-7-3-1-4-8-15)11-18-17(20)13-22-16-9-5-2-6-10-16/h1-10,14,19H,11-13H2,(H,18,20). The van der Waals surface area contributed by atoms with Gasteiger partial charge in [0, 0.05) is 6.54 Å². The molecule has 0 saturated carbocycles. The summed E-state index contributed by atoms with van der Waals surface area (Å²) in [4.78, 5) is 11.6. The maximum absolute atomic E-state index is 11.6. The molecule has 1 unspecified atom stereocenters. The summed E-state index contributed by atoms with van der Waals surface area (Å²) in [6.45, 7) is 0.143. The number of amides is 1. The van der Waals surface area contributed by atoms with Crippen LogP contribution >= 0.6 is 0 Å². The van der Waals surface area contributed by atoms with Crippen LogP contribution in [0.3, 0.4) is 0 Å². The average Bonchev–Trinajstić information content (AvgIpc) is 2.58. The van der Waals surface area contributed by atoms with Gasteiger partial charge in [0.25, 0.3) is 5.91 Å². The summed E-state index contributed by atoms with van der Waals surface area (Å²) in [5, 5.41) is 12.4. The van der Waals surface area contributed by atoms with Crippen molar-refractivity contribution in [3.05, 3.63) is 60.7 Å². The van der Waals surface area contributed by atoms with E-state index in [1.807, 2.05) is 36.4 Å². The molecule has 1 amide bonds. The van der Waals surface area contributed by atoms with Gasteiger partial charge in [-0.25, -0.2) is 0 Å². The van der Waals surface area contributed by atoms with Gasteiger partial charge in [-0.3, -0.25) is 4.79 Å². The zero-order valence-electron chi connectivity index (χ0n) is 12.1. The molecular formula is C17H19NO4. The van der Waals surface area contributed by atoms with Crippen molar-refractivity contribution in [2.24, 2.45) is 0 Å². The van der Waals surface area contributed by atoms with Gasteiger partial charge in [-0.15, -0.1) is 0 Å². The van der Waals surface area contributed by atoms with E-state index < -0.39 is 6.10 Å². The van der Waals surface area contributed by atoms with Gasteiger partial charge in [0.2, 0.25) is 0 Å². The number of carbonyl (C=O) groups excluding carboxylic acids is 1. The van der Waals surface area contributed by atoms with Crippen LogP contribution in [0.2, 0.25) is 0 Å². The highest BCUT2D eigenvalue weighted by atomic mass is 16.5. The Morgan fingerprint density at radius 3 is 2.09 bits per heavy atom. The third-order valence-electron chi connectivity index (χ3n) is 2.83. The molecule has 5 nitrogen and oxygen atoms in total. The fourth-order valence-corrected chi connectivity index (χ4v) is 1.72. The normalized spacial score (nSPS) is 11.5. The third kappa shape index (κ3) is 5.85. The van der Waals surface area contributed by atoms with E-state index in [0.717, 1.165) is 0 Å². The molecule has 0 spiro atoms. The third-order valence-corrected chi connectivity index (χ3v) is 2.83. The molecule has 0 aliphatic heterocycles. The summed E-state index contributed by atoms with van der Waals surface area (Å²) in [5.41, 5.74) is 0. The van der Waals surface area contributed by atoms with E-state index in [2.05, 4.69) is 5.32 Å². The molecule has 2 aromatic carbocycles. The first-order valence-corrected chi connectivity index (χ1v) is 7.04. The van der Waals surface area contributed by atoms with Crippen LogP contribution in [0, 0.1) is 0 Å². The molecule has 2 aromatic rings. The van der Waals surface area contributed by atoms with Gasteiger partial charge in [-0.05, 0) is 24.3 Å². The second kappa shape index (κ2) is 8.69. The molecule has 0 heterocycles. The maximum Gasteiger partial charge on any atom is 0.258 e. The van der Waals surface area contributed by atoms with Crippen LogP contribution < -0.4 is 14.8 Å². The lowest BCUT2D eigenvalue weighted by molar-refractivity contribution is -0.123. The smallest absolute Gasteiger partial charge is 0.258 e. The Kier molecular flexibility index (Phi) is 6.26. The zero-order valence-corrected chi connectivity index (χ0v) is 12.1. The van der Waals surface area contributed by atoms with Gasteiger partial charge in [0.15, 0.2) is 6.61 Å². The maximum atomic E-state index is 11.6. The van der Waals surface area contributed by atoms with Crippen molar-refractivity contribution < 1.29 is 19.4 Å². The topological polar surface area (TPSA) is 67.8 Å². The highest BCUT2D eigenvalue weighted by Gasteiger charge is 2.08. The summed E-state index contributed by atoms with van der Waals surface area (Å²) < 4.78 is 10.7. The van der Waals surface area contributed by atoms with Gasteiger partial charge in [-0.2, -0.15) is 0 Å². The molecule has 2 N–H and O–H groups in total. The number of benzene rings is 2. The van der Waals surface area contributed by atoms with Crippen molar-refractivity contribution in [2.75, 3.05) is 19.8 Å². The van der Waals surface area contributed by atoms with E-state index in [1.165, 1.54) is 0 Å².